The van der Waals surface area contributed by atoms with Gasteiger partial charge in [0.05, 0.1) is 17.9 Å². The summed E-state index contributed by atoms with van der Waals surface area (Å²) in [5, 5.41) is 5.47. The average molecular weight is 370 g/mol. The molecule has 27 heavy (non-hydrogen) atoms. The molecule has 1 heterocycles. The number of anilines is 3. The monoisotopic (exact) mass is 370 g/mol. The predicted octanol–water partition coefficient (Wildman–Crippen LogP) is 4.15. The Bertz CT molecular complexity index is 949. The molecule has 2 N–H and O–H groups in total. The molecule has 0 spiro atoms. The Morgan fingerprint density at radius 3 is 2.52 bits per heavy atom. The maximum atomic E-state index is 13.2. The lowest BCUT2D eigenvalue weighted by Crippen LogP contribution is -2.13. The Morgan fingerprint density at radius 1 is 1.07 bits per heavy atom. The molecule has 0 saturated heterocycles. The fraction of sp³-hybridized carbons (Fsp3) is 0.105. The molecule has 138 valence electrons. The average Bonchev–Trinajstić information content (AvgIpc) is 2.67. The van der Waals surface area contributed by atoms with Gasteiger partial charge in [-0.05, 0) is 31.2 Å². The molecule has 2 aromatic carbocycles. The van der Waals surface area contributed by atoms with Crippen molar-refractivity contribution in [3.8, 4) is 5.75 Å². The second kappa shape index (κ2) is 8.22. The molecule has 8 heteroatoms. The van der Waals surface area contributed by atoms with E-state index in [1.807, 2.05) is 31.2 Å². The molecule has 0 atom stereocenters. The topological polar surface area (TPSA) is 76.1 Å². The number of halogens is 2. The summed E-state index contributed by atoms with van der Waals surface area (Å²) < 4.78 is 31.7. The summed E-state index contributed by atoms with van der Waals surface area (Å²) in [6.07, 6.45) is 2.65. The Labute approximate surface area is 154 Å². The van der Waals surface area contributed by atoms with Crippen LogP contribution in [0, 0.1) is 11.6 Å². The van der Waals surface area contributed by atoms with E-state index in [9.17, 15) is 13.6 Å². The van der Waals surface area contributed by atoms with Gasteiger partial charge in [-0.2, -0.15) is 0 Å². The summed E-state index contributed by atoms with van der Waals surface area (Å²) >= 11 is 0. The molecule has 3 aromatic rings. The number of benzene rings is 2. The van der Waals surface area contributed by atoms with Crippen molar-refractivity contribution in [2.24, 2.45) is 0 Å². The van der Waals surface area contributed by atoms with Crippen LogP contribution in [0.2, 0.25) is 0 Å². The number of carbonyl (C=O) groups excluding carboxylic acids is 1. The minimum absolute atomic E-state index is 0.131. The summed E-state index contributed by atoms with van der Waals surface area (Å²) in [4.78, 5) is 20.4. The van der Waals surface area contributed by atoms with Crippen molar-refractivity contribution in [1.82, 2.24) is 9.97 Å². The van der Waals surface area contributed by atoms with Crippen molar-refractivity contribution in [2.75, 3.05) is 17.2 Å². The van der Waals surface area contributed by atoms with Gasteiger partial charge >= 0.3 is 0 Å². The van der Waals surface area contributed by atoms with E-state index in [1.54, 1.807) is 0 Å². The third kappa shape index (κ3) is 4.55. The van der Waals surface area contributed by atoms with E-state index in [1.165, 1.54) is 18.5 Å². The highest BCUT2D eigenvalue weighted by molar-refractivity contribution is 6.03. The lowest BCUT2D eigenvalue weighted by molar-refractivity contribution is 0.102. The molecule has 0 aliphatic heterocycles. The number of amides is 1. The van der Waals surface area contributed by atoms with Gasteiger partial charge in [-0.1, -0.05) is 12.1 Å². The molecule has 1 aromatic heterocycles. The van der Waals surface area contributed by atoms with Crippen molar-refractivity contribution in [1.29, 1.82) is 0 Å². The second-order valence-electron chi connectivity index (χ2n) is 5.43. The molecule has 0 bridgehead atoms. The Morgan fingerprint density at radius 2 is 1.81 bits per heavy atom. The summed E-state index contributed by atoms with van der Waals surface area (Å²) in [6.45, 7) is 2.40. The summed E-state index contributed by atoms with van der Waals surface area (Å²) in [5.41, 5.74) is 0.994. The Kier molecular flexibility index (Phi) is 5.55. The number of nitrogens with one attached hydrogen (secondary N) is 2. The van der Waals surface area contributed by atoms with E-state index in [0.29, 0.717) is 18.0 Å². The number of nitrogens with zero attached hydrogens (tertiary/aromatic N) is 2. The van der Waals surface area contributed by atoms with E-state index in [4.69, 9.17) is 4.74 Å². The normalized spacial score (nSPS) is 10.3. The number of ether oxygens (including phenoxy) is 1. The highest BCUT2D eigenvalue weighted by atomic mass is 19.2. The summed E-state index contributed by atoms with van der Waals surface area (Å²) in [6, 6.07) is 10.4. The van der Waals surface area contributed by atoms with Gasteiger partial charge < -0.3 is 15.4 Å². The van der Waals surface area contributed by atoms with Crippen LogP contribution in [0.25, 0.3) is 0 Å². The maximum absolute atomic E-state index is 13.2. The first-order chi connectivity index (χ1) is 13.1. The van der Waals surface area contributed by atoms with Crippen molar-refractivity contribution >= 4 is 23.2 Å². The van der Waals surface area contributed by atoms with Gasteiger partial charge in [-0.15, -0.1) is 0 Å². The van der Waals surface area contributed by atoms with E-state index in [0.717, 1.165) is 12.1 Å². The number of hydrogen-bond donors (Lipinski definition) is 2. The highest BCUT2D eigenvalue weighted by Gasteiger charge is 2.11. The third-order valence-electron chi connectivity index (χ3n) is 3.52. The highest BCUT2D eigenvalue weighted by Crippen LogP contribution is 2.25. The zero-order valence-electron chi connectivity index (χ0n) is 14.4. The summed E-state index contributed by atoms with van der Waals surface area (Å²) in [5.74, 6) is -1.63. The first kappa shape index (κ1) is 18.2. The first-order valence-electron chi connectivity index (χ1n) is 8.14. The molecule has 0 radical (unpaired) electrons. The number of rotatable bonds is 6. The molecule has 6 nitrogen and oxygen atoms in total. The van der Waals surface area contributed by atoms with Gasteiger partial charge in [-0.3, -0.25) is 4.79 Å². The van der Waals surface area contributed by atoms with E-state index in [-0.39, 0.29) is 17.2 Å². The zero-order chi connectivity index (χ0) is 19.2. The number of aromatic nitrogens is 2. The van der Waals surface area contributed by atoms with Gasteiger partial charge in [0.2, 0.25) is 5.95 Å². The van der Waals surface area contributed by atoms with Crippen molar-refractivity contribution < 1.29 is 18.3 Å². The van der Waals surface area contributed by atoms with Gasteiger partial charge in [0.1, 0.15) is 5.75 Å². The molecule has 0 aliphatic rings. The maximum Gasteiger partial charge on any atom is 0.258 e. The van der Waals surface area contributed by atoms with E-state index in [2.05, 4.69) is 20.6 Å². The van der Waals surface area contributed by atoms with Crippen LogP contribution >= 0.6 is 0 Å². The number of carbonyl (C=O) groups is 1. The summed E-state index contributed by atoms with van der Waals surface area (Å²) in [7, 11) is 0. The number of hydrogen-bond acceptors (Lipinski definition) is 5. The lowest BCUT2D eigenvalue weighted by atomic mass is 10.2. The molecular formula is C19H16F2N4O2. The quantitative estimate of drug-likeness (QED) is 0.682. The van der Waals surface area contributed by atoms with Crippen LogP contribution in [-0.4, -0.2) is 22.5 Å². The van der Waals surface area contributed by atoms with Gasteiger partial charge in [0.25, 0.3) is 5.91 Å². The largest absolute Gasteiger partial charge is 0.492 e. The lowest BCUT2D eigenvalue weighted by Gasteiger charge is -2.11. The third-order valence-corrected chi connectivity index (χ3v) is 3.52. The van der Waals surface area contributed by atoms with Gasteiger partial charge in [-0.25, -0.2) is 18.7 Å². The number of para-hydroxylation sites is 2. The molecule has 0 unspecified atom stereocenters. The van der Waals surface area contributed by atoms with Crippen LogP contribution in [0.3, 0.4) is 0 Å². The van der Waals surface area contributed by atoms with E-state index < -0.39 is 17.5 Å². The van der Waals surface area contributed by atoms with Crippen LogP contribution in [0.4, 0.5) is 26.1 Å². The SMILES string of the molecule is CCOc1ccccc1Nc1ncc(C(=O)Nc2ccc(F)c(F)c2)cn1. The van der Waals surface area contributed by atoms with Gasteiger partial charge in [0.15, 0.2) is 11.6 Å². The Balaban J connectivity index is 1.69. The van der Waals surface area contributed by atoms with Crippen LogP contribution in [0.5, 0.6) is 5.75 Å². The molecule has 0 saturated carbocycles. The molecule has 0 fully saturated rings. The predicted molar refractivity (Wildman–Crippen MR) is 97.2 cm³/mol. The molecule has 1 amide bonds. The minimum Gasteiger partial charge on any atom is -0.492 e. The standard InChI is InChI=1S/C19H16F2N4O2/c1-2-27-17-6-4-3-5-16(17)25-19-22-10-12(11-23-19)18(26)24-13-7-8-14(20)15(21)9-13/h3-11H,2H2,1H3,(H,24,26)(H,22,23,25). The fourth-order valence-electron chi connectivity index (χ4n) is 2.26. The van der Waals surface area contributed by atoms with Crippen molar-refractivity contribution in [3.63, 3.8) is 0 Å². The smallest absolute Gasteiger partial charge is 0.258 e. The van der Waals surface area contributed by atoms with Crippen LogP contribution < -0.4 is 15.4 Å². The minimum atomic E-state index is -1.04. The van der Waals surface area contributed by atoms with Gasteiger partial charge in [0, 0.05) is 24.1 Å². The van der Waals surface area contributed by atoms with Crippen LogP contribution in [0.1, 0.15) is 17.3 Å². The van der Waals surface area contributed by atoms with E-state index >= 15 is 0 Å². The van der Waals surface area contributed by atoms with Crippen LogP contribution in [0.15, 0.2) is 54.9 Å². The molecule has 3 rings (SSSR count). The molecule has 0 aliphatic carbocycles. The first-order valence-corrected chi connectivity index (χ1v) is 8.14. The zero-order valence-corrected chi connectivity index (χ0v) is 14.4. The van der Waals surface area contributed by atoms with Crippen LogP contribution in [-0.2, 0) is 0 Å². The Hall–Kier alpha value is -3.55. The van der Waals surface area contributed by atoms with Crippen molar-refractivity contribution in [2.45, 2.75) is 6.92 Å². The second-order valence-corrected chi connectivity index (χ2v) is 5.43. The van der Waals surface area contributed by atoms with Crippen molar-refractivity contribution in [3.05, 3.63) is 72.1 Å². The fourth-order valence-corrected chi connectivity index (χ4v) is 2.26. The molecular weight excluding hydrogens is 354 g/mol.